The van der Waals surface area contributed by atoms with Gasteiger partial charge in [-0.2, -0.15) is 0 Å². The molecular formula is C10H12N2S. The smallest absolute Gasteiger partial charge is 0.0897 e. The van der Waals surface area contributed by atoms with Gasteiger partial charge in [0.25, 0.3) is 0 Å². The fourth-order valence-corrected chi connectivity index (χ4v) is 1.96. The predicted molar refractivity (Wildman–Crippen MR) is 55.2 cm³/mol. The standard InChI is InChI=1S/C10H12N2S/c1-7-3-4-9(11-7)5-10-6-13-8(2)12-10/h3-4,6,11H,5H2,1-2H3. The second-order valence-electron chi connectivity index (χ2n) is 3.20. The van der Waals surface area contributed by atoms with Crippen molar-refractivity contribution in [2.75, 3.05) is 0 Å². The largest absolute Gasteiger partial charge is 0.362 e. The average Bonchev–Trinajstić information content (AvgIpc) is 2.62. The van der Waals surface area contributed by atoms with Crippen LogP contribution >= 0.6 is 11.3 Å². The van der Waals surface area contributed by atoms with Crippen LogP contribution < -0.4 is 0 Å². The lowest BCUT2D eigenvalue weighted by Crippen LogP contribution is -1.88. The number of aromatic amines is 1. The minimum atomic E-state index is 0.915. The molecule has 0 amide bonds. The van der Waals surface area contributed by atoms with E-state index >= 15 is 0 Å². The lowest BCUT2D eigenvalue weighted by Gasteiger charge is -1.92. The second-order valence-corrected chi connectivity index (χ2v) is 4.26. The van der Waals surface area contributed by atoms with Crippen molar-refractivity contribution >= 4 is 11.3 Å². The van der Waals surface area contributed by atoms with E-state index in [2.05, 4.69) is 34.4 Å². The Morgan fingerprint density at radius 1 is 1.38 bits per heavy atom. The van der Waals surface area contributed by atoms with E-state index in [1.807, 2.05) is 6.92 Å². The summed E-state index contributed by atoms with van der Waals surface area (Å²) in [7, 11) is 0. The van der Waals surface area contributed by atoms with Gasteiger partial charge in [-0.3, -0.25) is 0 Å². The van der Waals surface area contributed by atoms with Crippen LogP contribution in [0.4, 0.5) is 0 Å². The third-order valence-corrected chi connectivity index (χ3v) is 2.75. The maximum Gasteiger partial charge on any atom is 0.0897 e. The monoisotopic (exact) mass is 192 g/mol. The molecule has 0 saturated heterocycles. The number of H-pyrrole nitrogens is 1. The molecule has 13 heavy (non-hydrogen) atoms. The van der Waals surface area contributed by atoms with Crippen LogP contribution in [-0.2, 0) is 6.42 Å². The van der Waals surface area contributed by atoms with Crippen molar-refractivity contribution in [3.8, 4) is 0 Å². The Bertz CT molecular complexity index is 362. The molecule has 2 heterocycles. The van der Waals surface area contributed by atoms with E-state index in [1.165, 1.54) is 11.4 Å². The SMILES string of the molecule is Cc1ccc(Cc2csc(C)n2)[nH]1. The van der Waals surface area contributed by atoms with Crippen molar-refractivity contribution in [2.45, 2.75) is 20.3 Å². The van der Waals surface area contributed by atoms with E-state index in [0.29, 0.717) is 0 Å². The molecule has 0 fully saturated rings. The fraction of sp³-hybridized carbons (Fsp3) is 0.300. The zero-order valence-electron chi connectivity index (χ0n) is 7.79. The molecule has 0 aromatic carbocycles. The first-order valence-corrected chi connectivity index (χ1v) is 5.17. The predicted octanol–water partition coefficient (Wildman–Crippen LogP) is 2.68. The minimum Gasteiger partial charge on any atom is -0.362 e. The Hall–Kier alpha value is -1.09. The topological polar surface area (TPSA) is 28.7 Å². The van der Waals surface area contributed by atoms with E-state index in [9.17, 15) is 0 Å². The number of nitrogens with one attached hydrogen (secondary N) is 1. The van der Waals surface area contributed by atoms with Crippen molar-refractivity contribution in [3.63, 3.8) is 0 Å². The summed E-state index contributed by atoms with van der Waals surface area (Å²) < 4.78 is 0. The Morgan fingerprint density at radius 3 is 2.77 bits per heavy atom. The van der Waals surface area contributed by atoms with E-state index in [4.69, 9.17) is 0 Å². The van der Waals surface area contributed by atoms with Gasteiger partial charge in [0.2, 0.25) is 0 Å². The van der Waals surface area contributed by atoms with Gasteiger partial charge in [0.05, 0.1) is 10.7 Å². The van der Waals surface area contributed by atoms with Crippen LogP contribution in [0.3, 0.4) is 0 Å². The average molecular weight is 192 g/mol. The molecule has 1 N–H and O–H groups in total. The molecule has 0 atom stereocenters. The summed E-state index contributed by atoms with van der Waals surface area (Å²) in [5.74, 6) is 0. The maximum absolute atomic E-state index is 4.41. The molecular weight excluding hydrogens is 180 g/mol. The van der Waals surface area contributed by atoms with Crippen LogP contribution in [0, 0.1) is 13.8 Å². The molecule has 0 spiro atoms. The van der Waals surface area contributed by atoms with Crippen LogP contribution in [0.25, 0.3) is 0 Å². The lowest BCUT2D eigenvalue weighted by atomic mass is 10.2. The van der Waals surface area contributed by atoms with Crippen molar-refractivity contribution in [2.24, 2.45) is 0 Å². The number of aromatic nitrogens is 2. The summed E-state index contributed by atoms with van der Waals surface area (Å²) in [5, 5.41) is 3.25. The molecule has 68 valence electrons. The van der Waals surface area contributed by atoms with Crippen molar-refractivity contribution in [1.29, 1.82) is 0 Å². The molecule has 0 unspecified atom stereocenters. The van der Waals surface area contributed by atoms with Crippen molar-refractivity contribution in [3.05, 3.63) is 39.6 Å². The van der Waals surface area contributed by atoms with E-state index in [1.54, 1.807) is 11.3 Å². The zero-order chi connectivity index (χ0) is 9.26. The minimum absolute atomic E-state index is 0.915. The van der Waals surface area contributed by atoms with E-state index in [-0.39, 0.29) is 0 Å². The number of thiazole rings is 1. The molecule has 2 rings (SSSR count). The fourth-order valence-electron chi connectivity index (χ4n) is 1.35. The number of hydrogen-bond donors (Lipinski definition) is 1. The van der Waals surface area contributed by atoms with Gasteiger partial charge >= 0.3 is 0 Å². The van der Waals surface area contributed by atoms with E-state index in [0.717, 1.165) is 17.1 Å². The summed E-state index contributed by atoms with van der Waals surface area (Å²) in [4.78, 5) is 7.71. The van der Waals surface area contributed by atoms with Crippen LogP contribution in [-0.4, -0.2) is 9.97 Å². The highest BCUT2D eigenvalue weighted by molar-refractivity contribution is 7.09. The first kappa shape index (κ1) is 8.51. The van der Waals surface area contributed by atoms with Crippen LogP contribution in [0.1, 0.15) is 22.1 Å². The molecule has 0 radical (unpaired) electrons. The molecule has 0 aliphatic carbocycles. The molecule has 2 nitrogen and oxygen atoms in total. The molecule has 0 saturated carbocycles. The molecule has 0 aliphatic heterocycles. The van der Waals surface area contributed by atoms with Crippen molar-refractivity contribution < 1.29 is 0 Å². The van der Waals surface area contributed by atoms with Gasteiger partial charge in [-0.15, -0.1) is 11.3 Å². The number of rotatable bonds is 2. The molecule has 2 aromatic rings. The lowest BCUT2D eigenvalue weighted by molar-refractivity contribution is 1.03. The normalized spacial score (nSPS) is 10.6. The maximum atomic E-state index is 4.41. The van der Waals surface area contributed by atoms with E-state index < -0.39 is 0 Å². The number of aryl methyl sites for hydroxylation is 2. The highest BCUT2D eigenvalue weighted by Gasteiger charge is 2.01. The highest BCUT2D eigenvalue weighted by atomic mass is 32.1. The third-order valence-electron chi connectivity index (χ3n) is 1.93. The molecule has 0 aliphatic rings. The first-order valence-electron chi connectivity index (χ1n) is 4.29. The van der Waals surface area contributed by atoms with Crippen LogP contribution in [0.15, 0.2) is 17.5 Å². The van der Waals surface area contributed by atoms with Gasteiger partial charge in [0.1, 0.15) is 0 Å². The quantitative estimate of drug-likeness (QED) is 0.778. The number of hydrogen-bond acceptors (Lipinski definition) is 2. The van der Waals surface area contributed by atoms with Gasteiger partial charge in [-0.25, -0.2) is 4.98 Å². The van der Waals surface area contributed by atoms with Crippen molar-refractivity contribution in [1.82, 2.24) is 9.97 Å². The highest BCUT2D eigenvalue weighted by Crippen LogP contribution is 2.12. The summed E-state index contributed by atoms with van der Waals surface area (Å²) in [5.41, 5.74) is 3.61. The van der Waals surface area contributed by atoms with Gasteiger partial charge < -0.3 is 4.98 Å². The summed E-state index contributed by atoms with van der Waals surface area (Å²) in [6, 6.07) is 4.21. The number of nitrogens with zero attached hydrogens (tertiary/aromatic N) is 1. The summed E-state index contributed by atoms with van der Waals surface area (Å²) >= 11 is 1.71. The van der Waals surface area contributed by atoms with Gasteiger partial charge in [-0.1, -0.05) is 0 Å². The summed E-state index contributed by atoms with van der Waals surface area (Å²) in [6.45, 7) is 4.10. The zero-order valence-corrected chi connectivity index (χ0v) is 8.61. The molecule has 2 aromatic heterocycles. The van der Waals surface area contributed by atoms with Gasteiger partial charge in [0, 0.05) is 23.2 Å². The third kappa shape index (κ3) is 1.98. The summed E-state index contributed by atoms with van der Waals surface area (Å²) in [6.07, 6.45) is 0.915. The van der Waals surface area contributed by atoms with Gasteiger partial charge in [0.15, 0.2) is 0 Å². The second kappa shape index (κ2) is 3.34. The van der Waals surface area contributed by atoms with Crippen LogP contribution in [0.5, 0.6) is 0 Å². The van der Waals surface area contributed by atoms with Gasteiger partial charge in [-0.05, 0) is 26.0 Å². The van der Waals surface area contributed by atoms with Crippen LogP contribution in [0.2, 0.25) is 0 Å². The molecule has 0 bridgehead atoms. The Balaban J connectivity index is 2.14. The molecule has 3 heteroatoms. The Morgan fingerprint density at radius 2 is 2.23 bits per heavy atom. The first-order chi connectivity index (χ1) is 6.24. The Labute approximate surface area is 81.7 Å². The Kier molecular flexibility index (Phi) is 2.19.